The van der Waals surface area contributed by atoms with E-state index in [1.807, 2.05) is 18.2 Å². The SMILES string of the molecule is Nc1nc(NCc2ccn(CC(F)(F)F)n2)nc(-c2ccc3cn[nH]c3c2)n1. The molecule has 0 fully saturated rings. The first-order chi connectivity index (χ1) is 13.4. The van der Waals surface area contributed by atoms with E-state index in [4.69, 9.17) is 5.73 Å². The van der Waals surface area contributed by atoms with Crippen molar-refractivity contribution in [2.45, 2.75) is 19.3 Å². The Morgan fingerprint density at radius 2 is 2.00 bits per heavy atom. The average molecular weight is 389 g/mol. The highest BCUT2D eigenvalue weighted by molar-refractivity contribution is 5.82. The third-order valence-electron chi connectivity index (χ3n) is 3.82. The lowest BCUT2D eigenvalue weighted by Gasteiger charge is -2.07. The van der Waals surface area contributed by atoms with Crippen molar-refractivity contribution in [3.8, 4) is 11.4 Å². The quantitative estimate of drug-likeness (QED) is 0.479. The first kappa shape index (κ1) is 17.7. The van der Waals surface area contributed by atoms with Gasteiger partial charge in [-0.1, -0.05) is 12.1 Å². The molecule has 4 rings (SSSR count). The number of nitrogens with two attached hydrogens (primary N) is 1. The number of rotatable bonds is 5. The van der Waals surface area contributed by atoms with Crippen molar-refractivity contribution in [3.63, 3.8) is 0 Å². The molecule has 4 N–H and O–H groups in total. The van der Waals surface area contributed by atoms with Gasteiger partial charge in [0.15, 0.2) is 5.82 Å². The number of nitrogens with zero attached hydrogens (tertiary/aromatic N) is 6. The summed E-state index contributed by atoms with van der Waals surface area (Å²) in [6, 6.07) is 7.01. The molecule has 0 atom stereocenters. The molecule has 0 radical (unpaired) electrons. The van der Waals surface area contributed by atoms with E-state index in [0.717, 1.165) is 15.6 Å². The zero-order chi connectivity index (χ0) is 19.7. The second kappa shape index (κ2) is 6.79. The van der Waals surface area contributed by atoms with Crippen LogP contribution in [0.2, 0.25) is 0 Å². The first-order valence-corrected chi connectivity index (χ1v) is 8.14. The van der Waals surface area contributed by atoms with Crippen LogP contribution in [0.3, 0.4) is 0 Å². The Labute approximate surface area is 155 Å². The van der Waals surface area contributed by atoms with Crippen LogP contribution in [-0.4, -0.2) is 41.1 Å². The molecule has 0 bridgehead atoms. The summed E-state index contributed by atoms with van der Waals surface area (Å²) in [5.41, 5.74) is 7.70. The van der Waals surface area contributed by atoms with E-state index in [1.165, 1.54) is 12.3 Å². The molecule has 144 valence electrons. The van der Waals surface area contributed by atoms with Gasteiger partial charge in [-0.2, -0.15) is 38.3 Å². The van der Waals surface area contributed by atoms with Crippen LogP contribution in [0.15, 0.2) is 36.7 Å². The lowest BCUT2D eigenvalue weighted by atomic mass is 10.1. The Balaban J connectivity index is 1.51. The average Bonchev–Trinajstić information content (AvgIpc) is 3.26. The Morgan fingerprint density at radius 3 is 2.82 bits per heavy atom. The highest BCUT2D eigenvalue weighted by atomic mass is 19.4. The van der Waals surface area contributed by atoms with Crippen molar-refractivity contribution in [3.05, 3.63) is 42.4 Å². The number of hydrogen-bond acceptors (Lipinski definition) is 7. The van der Waals surface area contributed by atoms with Crippen LogP contribution in [0, 0.1) is 0 Å². The number of nitrogens with one attached hydrogen (secondary N) is 2. The van der Waals surface area contributed by atoms with Gasteiger partial charge in [0, 0.05) is 17.1 Å². The lowest BCUT2D eigenvalue weighted by molar-refractivity contribution is -0.142. The molecule has 0 saturated carbocycles. The summed E-state index contributed by atoms with van der Waals surface area (Å²) < 4.78 is 38.0. The minimum atomic E-state index is -4.33. The van der Waals surface area contributed by atoms with E-state index in [-0.39, 0.29) is 18.4 Å². The molecule has 12 heteroatoms. The molecule has 3 aromatic heterocycles. The molecule has 0 aliphatic carbocycles. The maximum absolute atomic E-state index is 12.4. The number of aromatic nitrogens is 7. The summed E-state index contributed by atoms with van der Waals surface area (Å²) in [5, 5.41) is 14.5. The molecule has 0 spiro atoms. The number of alkyl halides is 3. The summed E-state index contributed by atoms with van der Waals surface area (Å²) in [7, 11) is 0. The van der Waals surface area contributed by atoms with Crippen molar-refractivity contribution >= 4 is 22.8 Å². The highest BCUT2D eigenvalue weighted by Gasteiger charge is 2.28. The fourth-order valence-corrected chi connectivity index (χ4v) is 2.62. The number of hydrogen-bond donors (Lipinski definition) is 3. The van der Waals surface area contributed by atoms with Gasteiger partial charge in [-0.25, -0.2) is 0 Å². The predicted molar refractivity (Wildman–Crippen MR) is 94.9 cm³/mol. The molecule has 1 aromatic carbocycles. The van der Waals surface area contributed by atoms with Crippen molar-refractivity contribution in [1.82, 2.24) is 34.9 Å². The second-order valence-electron chi connectivity index (χ2n) is 5.99. The maximum Gasteiger partial charge on any atom is 0.408 e. The topological polar surface area (TPSA) is 123 Å². The normalized spacial score (nSPS) is 11.8. The zero-order valence-corrected chi connectivity index (χ0v) is 14.3. The van der Waals surface area contributed by atoms with Crippen molar-refractivity contribution in [2.24, 2.45) is 0 Å². The fourth-order valence-electron chi connectivity index (χ4n) is 2.62. The second-order valence-corrected chi connectivity index (χ2v) is 5.99. The number of benzene rings is 1. The van der Waals surface area contributed by atoms with Gasteiger partial charge in [-0.05, 0) is 12.1 Å². The van der Waals surface area contributed by atoms with Crippen molar-refractivity contribution in [2.75, 3.05) is 11.1 Å². The van der Waals surface area contributed by atoms with E-state index in [9.17, 15) is 13.2 Å². The van der Waals surface area contributed by atoms with Gasteiger partial charge in [0.05, 0.1) is 24.0 Å². The summed E-state index contributed by atoms with van der Waals surface area (Å²) in [6.07, 6.45) is -1.37. The summed E-state index contributed by atoms with van der Waals surface area (Å²) >= 11 is 0. The van der Waals surface area contributed by atoms with E-state index >= 15 is 0 Å². The van der Waals surface area contributed by atoms with Gasteiger partial charge < -0.3 is 11.1 Å². The number of fused-ring (bicyclic) bond motifs is 1. The van der Waals surface area contributed by atoms with Crippen molar-refractivity contribution < 1.29 is 13.2 Å². The van der Waals surface area contributed by atoms with Gasteiger partial charge in [0.25, 0.3) is 0 Å². The Kier molecular flexibility index (Phi) is 4.29. The van der Waals surface area contributed by atoms with Gasteiger partial charge in [0.2, 0.25) is 11.9 Å². The zero-order valence-electron chi connectivity index (χ0n) is 14.3. The Hall–Kier alpha value is -3.70. The predicted octanol–water partition coefficient (Wildman–Crippen LogP) is 2.37. The van der Waals surface area contributed by atoms with Crippen LogP contribution in [-0.2, 0) is 13.1 Å². The van der Waals surface area contributed by atoms with E-state index < -0.39 is 12.7 Å². The summed E-state index contributed by atoms with van der Waals surface area (Å²) in [6.45, 7) is -1.01. The molecular weight excluding hydrogens is 375 g/mol. The van der Waals surface area contributed by atoms with Crippen LogP contribution >= 0.6 is 0 Å². The smallest absolute Gasteiger partial charge is 0.368 e. The van der Waals surface area contributed by atoms with E-state index in [1.54, 1.807) is 6.20 Å². The fraction of sp³-hybridized carbons (Fsp3) is 0.188. The standard InChI is InChI=1S/C16H14F3N9/c17-16(18,19)8-28-4-3-11(27-28)7-21-15-24-13(23-14(20)25-15)9-1-2-10-6-22-26-12(10)5-9/h1-6H,7-8H2,(H,22,26)(H3,20,21,23,24,25). The van der Waals surface area contributed by atoms with Crippen molar-refractivity contribution in [1.29, 1.82) is 0 Å². The molecule has 3 heterocycles. The monoisotopic (exact) mass is 389 g/mol. The van der Waals surface area contributed by atoms with E-state index in [0.29, 0.717) is 17.1 Å². The Bertz CT molecular complexity index is 1120. The number of nitrogen functional groups attached to an aromatic ring is 1. The number of anilines is 2. The molecule has 28 heavy (non-hydrogen) atoms. The van der Waals surface area contributed by atoms with Crippen LogP contribution < -0.4 is 11.1 Å². The molecule has 4 aromatic rings. The largest absolute Gasteiger partial charge is 0.408 e. The number of halogens is 3. The van der Waals surface area contributed by atoms with Crippen LogP contribution in [0.5, 0.6) is 0 Å². The van der Waals surface area contributed by atoms with E-state index in [2.05, 4.69) is 35.6 Å². The molecule has 9 nitrogen and oxygen atoms in total. The summed E-state index contributed by atoms with van der Waals surface area (Å²) in [5.74, 6) is 0.562. The first-order valence-electron chi connectivity index (χ1n) is 8.14. The summed E-state index contributed by atoms with van der Waals surface area (Å²) in [4.78, 5) is 12.4. The van der Waals surface area contributed by atoms with Gasteiger partial charge in [-0.15, -0.1) is 0 Å². The molecular formula is C16H14F3N9. The molecule has 0 amide bonds. The highest BCUT2D eigenvalue weighted by Crippen LogP contribution is 2.22. The lowest BCUT2D eigenvalue weighted by Crippen LogP contribution is -2.18. The van der Waals surface area contributed by atoms with Crippen LogP contribution in [0.4, 0.5) is 25.1 Å². The molecule has 0 unspecified atom stereocenters. The Morgan fingerprint density at radius 1 is 1.14 bits per heavy atom. The minimum absolute atomic E-state index is 0.0137. The minimum Gasteiger partial charge on any atom is -0.368 e. The number of aromatic amines is 1. The van der Waals surface area contributed by atoms with Gasteiger partial charge in [0.1, 0.15) is 6.54 Å². The van der Waals surface area contributed by atoms with Gasteiger partial charge in [-0.3, -0.25) is 9.78 Å². The maximum atomic E-state index is 12.4. The van der Waals surface area contributed by atoms with Gasteiger partial charge >= 0.3 is 6.18 Å². The third kappa shape index (κ3) is 4.00. The number of H-pyrrole nitrogens is 1. The van der Waals surface area contributed by atoms with Crippen LogP contribution in [0.1, 0.15) is 5.69 Å². The van der Waals surface area contributed by atoms with Crippen LogP contribution in [0.25, 0.3) is 22.3 Å². The molecule has 0 aliphatic rings. The molecule has 0 aliphatic heterocycles. The third-order valence-corrected chi connectivity index (χ3v) is 3.82. The molecule has 0 saturated heterocycles.